The standard InChI is InChI=1S/C22H28N2O3/c1-4-15-27-20-11-7-18(8-12-20)21(25)13-14-22(26)23-16-17-5-9-19(10-6-17)24(2)3/h5-12H,4,13-16H2,1-3H3,(H,23,26). The molecule has 0 saturated carbocycles. The molecule has 0 aromatic heterocycles. The lowest BCUT2D eigenvalue weighted by Crippen LogP contribution is -2.23. The zero-order valence-corrected chi connectivity index (χ0v) is 16.3. The highest BCUT2D eigenvalue weighted by Crippen LogP contribution is 2.15. The number of hydrogen-bond acceptors (Lipinski definition) is 4. The molecule has 0 aliphatic rings. The molecule has 0 radical (unpaired) electrons. The number of benzene rings is 2. The van der Waals surface area contributed by atoms with Gasteiger partial charge in [-0.3, -0.25) is 9.59 Å². The van der Waals surface area contributed by atoms with Crippen LogP contribution < -0.4 is 15.0 Å². The minimum absolute atomic E-state index is 0.0393. The lowest BCUT2D eigenvalue weighted by atomic mass is 10.1. The quantitative estimate of drug-likeness (QED) is 0.648. The van der Waals surface area contributed by atoms with Gasteiger partial charge >= 0.3 is 0 Å². The van der Waals surface area contributed by atoms with E-state index in [2.05, 4.69) is 5.32 Å². The second-order valence-electron chi connectivity index (χ2n) is 6.63. The van der Waals surface area contributed by atoms with E-state index in [1.54, 1.807) is 24.3 Å². The number of rotatable bonds is 10. The fourth-order valence-electron chi connectivity index (χ4n) is 2.53. The van der Waals surface area contributed by atoms with Crippen LogP contribution in [-0.4, -0.2) is 32.4 Å². The van der Waals surface area contributed by atoms with Gasteiger partial charge in [-0.05, 0) is 48.4 Å². The summed E-state index contributed by atoms with van der Waals surface area (Å²) in [5, 5.41) is 2.86. The summed E-state index contributed by atoms with van der Waals surface area (Å²) < 4.78 is 5.50. The molecule has 0 aliphatic carbocycles. The molecule has 2 aromatic rings. The summed E-state index contributed by atoms with van der Waals surface area (Å²) in [6.07, 6.45) is 1.32. The fraction of sp³-hybridized carbons (Fsp3) is 0.364. The molecule has 0 saturated heterocycles. The van der Waals surface area contributed by atoms with E-state index in [4.69, 9.17) is 4.74 Å². The van der Waals surface area contributed by atoms with Gasteiger partial charge in [0.1, 0.15) is 5.75 Å². The Balaban J connectivity index is 1.75. The number of hydrogen-bond donors (Lipinski definition) is 1. The zero-order chi connectivity index (χ0) is 19.6. The van der Waals surface area contributed by atoms with Crippen molar-refractivity contribution in [2.75, 3.05) is 25.6 Å². The molecule has 0 spiro atoms. The van der Waals surface area contributed by atoms with Crippen LogP contribution in [0.15, 0.2) is 48.5 Å². The van der Waals surface area contributed by atoms with E-state index in [-0.39, 0.29) is 24.5 Å². The topological polar surface area (TPSA) is 58.6 Å². The van der Waals surface area contributed by atoms with Crippen LogP contribution in [0.5, 0.6) is 5.75 Å². The van der Waals surface area contributed by atoms with E-state index >= 15 is 0 Å². The molecule has 0 fully saturated rings. The summed E-state index contributed by atoms with van der Waals surface area (Å²) in [5.41, 5.74) is 2.75. The number of carbonyl (C=O) groups excluding carboxylic acids is 2. The largest absolute Gasteiger partial charge is 0.494 e. The van der Waals surface area contributed by atoms with Gasteiger partial charge in [0.2, 0.25) is 5.91 Å². The molecule has 0 atom stereocenters. The maximum absolute atomic E-state index is 12.2. The molecule has 5 heteroatoms. The first kappa shape index (κ1) is 20.5. The predicted octanol–water partition coefficient (Wildman–Crippen LogP) is 3.82. The number of anilines is 1. The third kappa shape index (κ3) is 6.77. The van der Waals surface area contributed by atoms with Crippen LogP contribution in [0.2, 0.25) is 0 Å². The average molecular weight is 368 g/mol. The molecule has 5 nitrogen and oxygen atoms in total. The maximum Gasteiger partial charge on any atom is 0.220 e. The van der Waals surface area contributed by atoms with Gasteiger partial charge in [-0.1, -0.05) is 19.1 Å². The van der Waals surface area contributed by atoms with Crippen molar-refractivity contribution in [3.05, 3.63) is 59.7 Å². The van der Waals surface area contributed by atoms with Gasteiger partial charge in [-0.25, -0.2) is 0 Å². The van der Waals surface area contributed by atoms with Gasteiger partial charge in [0.05, 0.1) is 6.61 Å². The minimum Gasteiger partial charge on any atom is -0.494 e. The van der Waals surface area contributed by atoms with Crippen LogP contribution in [0, 0.1) is 0 Å². The van der Waals surface area contributed by atoms with Gasteiger partial charge < -0.3 is 15.0 Å². The second-order valence-corrected chi connectivity index (χ2v) is 6.63. The highest BCUT2D eigenvalue weighted by atomic mass is 16.5. The van der Waals surface area contributed by atoms with Crippen LogP contribution in [0.25, 0.3) is 0 Å². The Labute approximate surface area is 161 Å². The van der Waals surface area contributed by atoms with Crippen molar-refractivity contribution < 1.29 is 14.3 Å². The van der Waals surface area contributed by atoms with Crippen LogP contribution >= 0.6 is 0 Å². The summed E-state index contributed by atoms with van der Waals surface area (Å²) in [4.78, 5) is 26.3. The lowest BCUT2D eigenvalue weighted by molar-refractivity contribution is -0.121. The van der Waals surface area contributed by atoms with Gasteiger partial charge in [0.15, 0.2) is 5.78 Å². The normalized spacial score (nSPS) is 10.3. The van der Waals surface area contributed by atoms with Crippen molar-refractivity contribution in [3.63, 3.8) is 0 Å². The SMILES string of the molecule is CCCOc1ccc(C(=O)CCC(=O)NCc2ccc(N(C)C)cc2)cc1. The minimum atomic E-state index is -0.122. The van der Waals surface area contributed by atoms with Crippen molar-refractivity contribution in [1.82, 2.24) is 5.32 Å². The van der Waals surface area contributed by atoms with Crippen LogP contribution in [0.1, 0.15) is 42.1 Å². The highest BCUT2D eigenvalue weighted by molar-refractivity contribution is 5.98. The summed E-state index contributed by atoms with van der Waals surface area (Å²) in [7, 11) is 3.97. The first-order valence-corrected chi connectivity index (χ1v) is 9.28. The molecule has 27 heavy (non-hydrogen) atoms. The Kier molecular flexibility index (Phi) is 7.86. The zero-order valence-electron chi connectivity index (χ0n) is 16.3. The second kappa shape index (κ2) is 10.4. The monoisotopic (exact) mass is 368 g/mol. The summed E-state index contributed by atoms with van der Waals surface area (Å²) in [6.45, 7) is 3.16. The van der Waals surface area contributed by atoms with Crippen molar-refractivity contribution >= 4 is 17.4 Å². The van der Waals surface area contributed by atoms with Gasteiger partial charge in [-0.15, -0.1) is 0 Å². The molecule has 1 amide bonds. The number of nitrogens with one attached hydrogen (secondary N) is 1. The molecule has 144 valence electrons. The Morgan fingerprint density at radius 2 is 1.63 bits per heavy atom. The molecule has 2 rings (SSSR count). The van der Waals surface area contributed by atoms with E-state index in [9.17, 15) is 9.59 Å². The molecular weight excluding hydrogens is 340 g/mol. The van der Waals surface area contributed by atoms with Gasteiger partial charge in [0.25, 0.3) is 0 Å². The van der Waals surface area contributed by atoms with Crippen molar-refractivity contribution in [1.29, 1.82) is 0 Å². The van der Waals surface area contributed by atoms with Crippen molar-refractivity contribution in [3.8, 4) is 5.75 Å². The fourth-order valence-corrected chi connectivity index (χ4v) is 2.53. The molecule has 0 aliphatic heterocycles. The third-order valence-electron chi connectivity index (χ3n) is 4.17. The van der Waals surface area contributed by atoms with E-state index in [0.717, 1.165) is 23.4 Å². The van der Waals surface area contributed by atoms with Crippen LogP contribution in [0.4, 0.5) is 5.69 Å². The smallest absolute Gasteiger partial charge is 0.220 e. The van der Waals surface area contributed by atoms with E-state index in [1.807, 2.05) is 50.2 Å². The first-order valence-electron chi connectivity index (χ1n) is 9.28. The first-order chi connectivity index (χ1) is 13.0. The van der Waals surface area contributed by atoms with E-state index in [1.165, 1.54) is 0 Å². The van der Waals surface area contributed by atoms with E-state index in [0.29, 0.717) is 18.7 Å². The lowest BCUT2D eigenvalue weighted by Gasteiger charge is -2.13. The number of carbonyl (C=O) groups is 2. The number of nitrogens with zero attached hydrogens (tertiary/aromatic N) is 1. The van der Waals surface area contributed by atoms with E-state index < -0.39 is 0 Å². The van der Waals surface area contributed by atoms with Gasteiger partial charge in [0, 0.05) is 44.7 Å². The maximum atomic E-state index is 12.2. The molecule has 2 aromatic carbocycles. The summed E-state index contributed by atoms with van der Waals surface area (Å²) in [6, 6.07) is 15.1. The number of Topliss-reactive ketones (excluding diaryl/α,β-unsaturated/α-hetero) is 1. The number of ether oxygens (including phenoxy) is 1. The molecule has 0 heterocycles. The molecular formula is C22H28N2O3. The van der Waals surface area contributed by atoms with Crippen LogP contribution in [-0.2, 0) is 11.3 Å². The summed E-state index contributed by atoms with van der Waals surface area (Å²) >= 11 is 0. The highest BCUT2D eigenvalue weighted by Gasteiger charge is 2.10. The Bertz CT molecular complexity index is 737. The predicted molar refractivity (Wildman–Crippen MR) is 108 cm³/mol. The Hall–Kier alpha value is -2.82. The Morgan fingerprint density at radius 1 is 0.963 bits per heavy atom. The van der Waals surface area contributed by atoms with Crippen molar-refractivity contribution in [2.45, 2.75) is 32.7 Å². The van der Waals surface area contributed by atoms with Crippen LogP contribution in [0.3, 0.4) is 0 Å². The van der Waals surface area contributed by atoms with Crippen molar-refractivity contribution in [2.24, 2.45) is 0 Å². The molecule has 1 N–H and O–H groups in total. The molecule has 0 unspecified atom stereocenters. The van der Waals surface area contributed by atoms with Gasteiger partial charge in [-0.2, -0.15) is 0 Å². The summed E-state index contributed by atoms with van der Waals surface area (Å²) in [5.74, 6) is 0.594. The average Bonchev–Trinajstić information content (AvgIpc) is 2.69. The number of amides is 1. The third-order valence-corrected chi connectivity index (χ3v) is 4.17. The Morgan fingerprint density at radius 3 is 2.22 bits per heavy atom. The molecule has 0 bridgehead atoms. The number of ketones is 1.